The molecule has 1 amide bonds. The standard InChI is InChI=1S/C19H20F2N2O2.ClH/c20-15-9-8-14(10-16(15)21)25-18(13-4-2-1-3-5-13)19(24)23-11-17(22)12-6-7-12;/h1-5,8-10,12,17-18H,6-7,11,22H2,(H,23,24);1H. The van der Waals surface area contributed by atoms with Crippen LogP contribution in [-0.2, 0) is 4.79 Å². The van der Waals surface area contributed by atoms with Crippen molar-refractivity contribution in [2.75, 3.05) is 6.54 Å². The fourth-order valence-electron chi connectivity index (χ4n) is 2.59. The van der Waals surface area contributed by atoms with Crippen LogP contribution in [0.4, 0.5) is 8.78 Å². The van der Waals surface area contributed by atoms with Crippen molar-refractivity contribution >= 4 is 18.3 Å². The summed E-state index contributed by atoms with van der Waals surface area (Å²) in [5, 5.41) is 2.79. The van der Waals surface area contributed by atoms with Crippen LogP contribution in [-0.4, -0.2) is 18.5 Å². The third kappa shape index (κ3) is 5.16. The maximum Gasteiger partial charge on any atom is 0.265 e. The van der Waals surface area contributed by atoms with Gasteiger partial charge < -0.3 is 15.8 Å². The van der Waals surface area contributed by atoms with Crippen LogP contribution in [0.1, 0.15) is 24.5 Å². The van der Waals surface area contributed by atoms with Gasteiger partial charge in [0.15, 0.2) is 11.6 Å². The number of halogens is 3. The molecule has 2 aromatic rings. The highest BCUT2D eigenvalue weighted by molar-refractivity contribution is 5.85. The SMILES string of the molecule is Cl.NC(CNC(=O)C(Oc1ccc(F)c(F)c1)c1ccccc1)C1CC1. The van der Waals surface area contributed by atoms with E-state index in [0.29, 0.717) is 18.0 Å². The number of rotatable bonds is 7. The predicted octanol–water partition coefficient (Wildman–Crippen LogP) is 3.36. The summed E-state index contributed by atoms with van der Waals surface area (Å²) in [6, 6.07) is 12.0. The molecule has 1 aliphatic carbocycles. The van der Waals surface area contributed by atoms with Gasteiger partial charge in [0, 0.05) is 24.2 Å². The number of benzene rings is 2. The van der Waals surface area contributed by atoms with E-state index in [1.807, 2.05) is 6.07 Å². The minimum Gasteiger partial charge on any atom is -0.476 e. The number of carbonyl (C=O) groups excluding carboxylic acids is 1. The van der Waals surface area contributed by atoms with E-state index in [1.165, 1.54) is 6.07 Å². The summed E-state index contributed by atoms with van der Waals surface area (Å²) in [7, 11) is 0. The van der Waals surface area contributed by atoms with E-state index in [4.69, 9.17) is 10.5 Å². The highest BCUT2D eigenvalue weighted by Gasteiger charge is 2.30. The summed E-state index contributed by atoms with van der Waals surface area (Å²) in [5.41, 5.74) is 6.62. The van der Waals surface area contributed by atoms with Gasteiger partial charge in [0.1, 0.15) is 5.75 Å². The number of ether oxygens (including phenoxy) is 1. The van der Waals surface area contributed by atoms with Crippen LogP contribution >= 0.6 is 12.4 Å². The average Bonchev–Trinajstić information content (AvgIpc) is 3.46. The van der Waals surface area contributed by atoms with E-state index < -0.39 is 17.7 Å². The van der Waals surface area contributed by atoms with Gasteiger partial charge in [-0.25, -0.2) is 8.78 Å². The van der Waals surface area contributed by atoms with Gasteiger partial charge in [0.2, 0.25) is 6.10 Å². The zero-order valence-electron chi connectivity index (χ0n) is 14.0. The van der Waals surface area contributed by atoms with Crippen LogP contribution in [0, 0.1) is 17.6 Å². The van der Waals surface area contributed by atoms with E-state index in [-0.39, 0.29) is 30.1 Å². The highest BCUT2D eigenvalue weighted by Crippen LogP contribution is 2.31. The molecule has 2 unspecified atom stereocenters. The molecule has 7 heteroatoms. The summed E-state index contributed by atoms with van der Waals surface area (Å²) >= 11 is 0. The smallest absolute Gasteiger partial charge is 0.265 e. The molecule has 3 N–H and O–H groups in total. The summed E-state index contributed by atoms with van der Waals surface area (Å²) in [5.74, 6) is -1.83. The zero-order valence-corrected chi connectivity index (χ0v) is 14.8. The Morgan fingerprint density at radius 1 is 1.15 bits per heavy atom. The Morgan fingerprint density at radius 3 is 2.46 bits per heavy atom. The molecule has 140 valence electrons. The van der Waals surface area contributed by atoms with Crippen molar-refractivity contribution in [3.8, 4) is 5.75 Å². The van der Waals surface area contributed by atoms with Crippen molar-refractivity contribution in [2.24, 2.45) is 11.7 Å². The van der Waals surface area contributed by atoms with Gasteiger partial charge in [-0.05, 0) is 30.9 Å². The molecule has 0 aromatic heterocycles. The van der Waals surface area contributed by atoms with Crippen molar-refractivity contribution in [3.05, 3.63) is 65.7 Å². The quantitative estimate of drug-likeness (QED) is 0.771. The second kappa shape index (κ2) is 8.96. The molecule has 0 spiro atoms. The first-order valence-corrected chi connectivity index (χ1v) is 8.24. The normalized spacial score (nSPS) is 15.5. The van der Waals surface area contributed by atoms with Gasteiger partial charge >= 0.3 is 0 Å². The summed E-state index contributed by atoms with van der Waals surface area (Å²) < 4.78 is 32.1. The minimum atomic E-state index is -1.03. The Balaban J connectivity index is 0.00000243. The Labute approximate surface area is 157 Å². The molecule has 1 saturated carbocycles. The van der Waals surface area contributed by atoms with Crippen molar-refractivity contribution in [1.82, 2.24) is 5.32 Å². The summed E-state index contributed by atoms with van der Waals surface area (Å²) in [6.07, 6.45) is 1.20. The Morgan fingerprint density at radius 2 is 1.85 bits per heavy atom. The number of amides is 1. The van der Waals surface area contributed by atoms with Crippen molar-refractivity contribution in [2.45, 2.75) is 25.0 Å². The van der Waals surface area contributed by atoms with Crippen molar-refractivity contribution in [1.29, 1.82) is 0 Å². The first kappa shape index (κ1) is 20.1. The summed E-state index contributed by atoms with van der Waals surface area (Å²) in [6.45, 7) is 0.355. The highest BCUT2D eigenvalue weighted by atomic mass is 35.5. The van der Waals surface area contributed by atoms with Gasteiger partial charge in [-0.1, -0.05) is 30.3 Å². The third-order valence-corrected chi connectivity index (χ3v) is 4.22. The Kier molecular flexibility index (Phi) is 6.94. The molecule has 0 radical (unpaired) electrons. The lowest BCUT2D eigenvalue weighted by Gasteiger charge is -2.20. The van der Waals surface area contributed by atoms with E-state index in [0.717, 1.165) is 25.0 Å². The number of nitrogens with two attached hydrogens (primary N) is 1. The first-order chi connectivity index (χ1) is 12.0. The maximum atomic E-state index is 13.4. The molecule has 26 heavy (non-hydrogen) atoms. The van der Waals surface area contributed by atoms with Gasteiger partial charge in [-0.15, -0.1) is 12.4 Å². The molecule has 3 rings (SSSR count). The number of hydrogen-bond acceptors (Lipinski definition) is 3. The first-order valence-electron chi connectivity index (χ1n) is 8.24. The van der Waals surface area contributed by atoms with E-state index in [2.05, 4.69) is 5.32 Å². The monoisotopic (exact) mass is 382 g/mol. The molecule has 0 heterocycles. The fraction of sp³-hybridized carbons (Fsp3) is 0.316. The van der Waals surface area contributed by atoms with Crippen LogP contribution < -0.4 is 15.8 Å². The summed E-state index contributed by atoms with van der Waals surface area (Å²) in [4.78, 5) is 12.6. The van der Waals surface area contributed by atoms with Crippen LogP contribution in [0.15, 0.2) is 48.5 Å². The van der Waals surface area contributed by atoms with E-state index in [9.17, 15) is 13.6 Å². The topological polar surface area (TPSA) is 64.3 Å². The van der Waals surface area contributed by atoms with Crippen LogP contribution in [0.25, 0.3) is 0 Å². The van der Waals surface area contributed by atoms with Crippen molar-refractivity contribution < 1.29 is 18.3 Å². The minimum absolute atomic E-state index is 0. The molecule has 1 aliphatic rings. The van der Waals surface area contributed by atoms with E-state index >= 15 is 0 Å². The van der Waals surface area contributed by atoms with Crippen molar-refractivity contribution in [3.63, 3.8) is 0 Å². The lowest BCUT2D eigenvalue weighted by molar-refractivity contribution is -0.128. The third-order valence-electron chi connectivity index (χ3n) is 4.22. The average molecular weight is 383 g/mol. The van der Waals surface area contributed by atoms with Gasteiger partial charge in [0.25, 0.3) is 5.91 Å². The van der Waals surface area contributed by atoms with E-state index in [1.54, 1.807) is 24.3 Å². The Bertz CT molecular complexity index is 742. The molecule has 4 nitrogen and oxygen atoms in total. The second-order valence-corrected chi connectivity index (χ2v) is 6.23. The molecular formula is C19H21ClF2N2O2. The van der Waals surface area contributed by atoms with Gasteiger partial charge in [0.05, 0.1) is 0 Å². The molecule has 0 aliphatic heterocycles. The van der Waals surface area contributed by atoms with Crippen LogP contribution in [0.5, 0.6) is 5.75 Å². The Hall–Kier alpha value is -2.18. The fourth-order valence-corrected chi connectivity index (χ4v) is 2.59. The molecular weight excluding hydrogens is 362 g/mol. The number of carbonyl (C=O) groups is 1. The predicted molar refractivity (Wildman–Crippen MR) is 97.1 cm³/mol. The zero-order chi connectivity index (χ0) is 17.8. The number of hydrogen-bond donors (Lipinski definition) is 2. The van der Waals surface area contributed by atoms with Crippen LogP contribution in [0.2, 0.25) is 0 Å². The molecule has 0 saturated heterocycles. The van der Waals surface area contributed by atoms with Gasteiger partial charge in [-0.2, -0.15) is 0 Å². The maximum absolute atomic E-state index is 13.4. The lowest BCUT2D eigenvalue weighted by atomic mass is 10.1. The largest absolute Gasteiger partial charge is 0.476 e. The molecule has 0 bridgehead atoms. The number of nitrogens with one attached hydrogen (secondary N) is 1. The molecule has 1 fully saturated rings. The van der Waals surface area contributed by atoms with Crippen LogP contribution in [0.3, 0.4) is 0 Å². The second-order valence-electron chi connectivity index (χ2n) is 6.23. The molecule has 2 aromatic carbocycles. The van der Waals surface area contributed by atoms with Gasteiger partial charge in [-0.3, -0.25) is 4.79 Å². The molecule has 2 atom stereocenters. The lowest BCUT2D eigenvalue weighted by Crippen LogP contribution is -2.41.